The van der Waals surface area contributed by atoms with Gasteiger partial charge < -0.3 is 9.88 Å². The second-order valence-corrected chi connectivity index (χ2v) is 5.38. The largest absolute Gasteiger partial charge is 0.359 e. The van der Waals surface area contributed by atoms with E-state index in [0.717, 1.165) is 11.4 Å². The van der Waals surface area contributed by atoms with Crippen LogP contribution in [0.1, 0.15) is 51.3 Å². The number of H-pyrrole nitrogens is 1. The van der Waals surface area contributed by atoms with Gasteiger partial charge in [-0.2, -0.15) is 0 Å². The van der Waals surface area contributed by atoms with Crippen molar-refractivity contribution in [3.05, 3.63) is 47.4 Å². The van der Waals surface area contributed by atoms with E-state index in [9.17, 15) is 0 Å². The van der Waals surface area contributed by atoms with Crippen LogP contribution in [0.4, 0.5) is 0 Å². The third kappa shape index (κ3) is 2.53. The number of rotatable bonds is 4. The zero-order valence-corrected chi connectivity index (χ0v) is 12.5. The Kier molecular flexibility index (Phi) is 3.98. The predicted octanol–water partition coefficient (Wildman–Crippen LogP) is 4.80. The number of nitrogens with zero attached hydrogens (tertiary/aromatic N) is 1. The van der Waals surface area contributed by atoms with Crippen LogP contribution in [0.3, 0.4) is 0 Å². The van der Waals surface area contributed by atoms with Crippen molar-refractivity contribution in [2.75, 3.05) is 7.05 Å². The Morgan fingerprint density at radius 1 is 1.37 bits per heavy atom. The monoisotopic (exact) mass is 256 g/mol. The summed E-state index contributed by atoms with van der Waals surface area (Å²) in [6.07, 6.45) is 7.89. The molecule has 0 saturated heterocycles. The lowest BCUT2D eigenvalue weighted by Gasteiger charge is -2.26. The third-order valence-electron chi connectivity index (χ3n) is 4.02. The van der Waals surface area contributed by atoms with Crippen molar-refractivity contribution in [1.82, 2.24) is 9.88 Å². The summed E-state index contributed by atoms with van der Waals surface area (Å²) in [4.78, 5) is 5.40. The fourth-order valence-electron chi connectivity index (χ4n) is 2.51. The molecule has 2 heteroatoms. The molecule has 2 rings (SSSR count). The molecule has 1 aliphatic heterocycles. The highest BCUT2D eigenvalue weighted by atomic mass is 15.1. The first kappa shape index (κ1) is 13.7. The molecule has 1 aliphatic rings. The van der Waals surface area contributed by atoms with Crippen LogP contribution in [-0.2, 0) is 0 Å². The molecule has 19 heavy (non-hydrogen) atoms. The van der Waals surface area contributed by atoms with E-state index in [1.54, 1.807) is 0 Å². The Bertz CT molecular complexity index is 543. The standard InChI is InChI=1S/C17H24N2/c1-6-7-8-12(2)13(3)16-11-19(5)14(4)17-15(16)9-10-18-17/h9-11,18H,4,6-8H2,1-3,5H3/b13-12-. The molecule has 1 aromatic rings. The Balaban J connectivity index is 2.40. The molecule has 102 valence electrons. The molecule has 0 aromatic carbocycles. The average Bonchev–Trinajstić information content (AvgIpc) is 2.88. The smallest absolute Gasteiger partial charge is 0.0695 e. The molecular formula is C17H24N2. The van der Waals surface area contributed by atoms with Gasteiger partial charge in [0, 0.05) is 30.6 Å². The van der Waals surface area contributed by atoms with Gasteiger partial charge in [-0.1, -0.05) is 25.5 Å². The van der Waals surface area contributed by atoms with Gasteiger partial charge in [0.05, 0.1) is 11.4 Å². The molecule has 2 nitrogen and oxygen atoms in total. The second-order valence-electron chi connectivity index (χ2n) is 5.38. The number of fused-ring (bicyclic) bond motifs is 1. The summed E-state index contributed by atoms with van der Waals surface area (Å²) in [5, 5.41) is 0. The number of unbranched alkanes of at least 4 members (excludes halogenated alkanes) is 1. The minimum Gasteiger partial charge on any atom is -0.359 e. The minimum absolute atomic E-state index is 1.03. The number of aromatic amines is 1. The number of hydrogen-bond donors (Lipinski definition) is 1. The molecule has 0 radical (unpaired) electrons. The molecule has 0 fully saturated rings. The van der Waals surface area contributed by atoms with Gasteiger partial charge in [-0.25, -0.2) is 0 Å². The van der Waals surface area contributed by atoms with E-state index in [4.69, 9.17) is 0 Å². The van der Waals surface area contributed by atoms with Crippen LogP contribution in [0.5, 0.6) is 0 Å². The molecular weight excluding hydrogens is 232 g/mol. The van der Waals surface area contributed by atoms with Crippen molar-refractivity contribution < 1.29 is 0 Å². The number of allylic oxidation sites excluding steroid dienone is 3. The van der Waals surface area contributed by atoms with Crippen LogP contribution in [-0.4, -0.2) is 16.9 Å². The van der Waals surface area contributed by atoms with E-state index < -0.39 is 0 Å². The molecule has 0 bridgehead atoms. The Hall–Kier alpha value is -1.70. The molecule has 0 unspecified atom stereocenters. The second kappa shape index (κ2) is 5.52. The van der Waals surface area contributed by atoms with Gasteiger partial charge in [-0.15, -0.1) is 0 Å². The highest BCUT2D eigenvalue weighted by molar-refractivity contribution is 5.88. The number of aromatic nitrogens is 1. The summed E-state index contributed by atoms with van der Waals surface area (Å²) in [6, 6.07) is 2.15. The summed E-state index contributed by atoms with van der Waals surface area (Å²) >= 11 is 0. The van der Waals surface area contributed by atoms with Crippen LogP contribution in [0.15, 0.2) is 36.2 Å². The highest BCUT2D eigenvalue weighted by Gasteiger charge is 2.21. The molecule has 0 atom stereocenters. The van der Waals surface area contributed by atoms with E-state index in [1.165, 1.54) is 41.5 Å². The van der Waals surface area contributed by atoms with Crippen molar-refractivity contribution in [3.63, 3.8) is 0 Å². The number of nitrogens with one attached hydrogen (secondary N) is 1. The topological polar surface area (TPSA) is 19.0 Å². The van der Waals surface area contributed by atoms with Crippen molar-refractivity contribution in [3.8, 4) is 0 Å². The van der Waals surface area contributed by atoms with E-state index in [-0.39, 0.29) is 0 Å². The van der Waals surface area contributed by atoms with Crippen molar-refractivity contribution in [2.24, 2.45) is 0 Å². The summed E-state index contributed by atoms with van der Waals surface area (Å²) in [5.74, 6) is 0. The van der Waals surface area contributed by atoms with E-state index in [2.05, 4.69) is 56.5 Å². The van der Waals surface area contributed by atoms with Crippen LogP contribution in [0, 0.1) is 0 Å². The summed E-state index contributed by atoms with van der Waals surface area (Å²) < 4.78 is 0. The molecule has 2 heterocycles. The lowest BCUT2D eigenvalue weighted by atomic mass is 9.91. The Labute approximate surface area is 116 Å². The maximum absolute atomic E-state index is 4.13. The summed E-state index contributed by atoms with van der Waals surface area (Å²) in [6.45, 7) is 10.9. The fourth-order valence-corrected chi connectivity index (χ4v) is 2.51. The van der Waals surface area contributed by atoms with Gasteiger partial charge >= 0.3 is 0 Å². The SMILES string of the molecule is C=C1c2[nH]ccc2C(/C(C)=C(/C)CCCC)=CN1C. The average molecular weight is 256 g/mol. The number of hydrogen-bond acceptors (Lipinski definition) is 1. The zero-order valence-electron chi connectivity index (χ0n) is 12.5. The minimum atomic E-state index is 1.03. The quantitative estimate of drug-likeness (QED) is 0.820. The first-order valence-corrected chi connectivity index (χ1v) is 7.04. The fraction of sp³-hybridized carbons (Fsp3) is 0.412. The molecule has 0 saturated carbocycles. The maximum atomic E-state index is 4.13. The van der Waals surface area contributed by atoms with Crippen molar-refractivity contribution in [1.29, 1.82) is 0 Å². The summed E-state index contributed by atoms with van der Waals surface area (Å²) in [5.41, 5.74) is 7.65. The predicted molar refractivity (Wildman–Crippen MR) is 83.5 cm³/mol. The normalized spacial score (nSPS) is 16.1. The molecule has 0 aliphatic carbocycles. The zero-order chi connectivity index (χ0) is 14.0. The van der Waals surface area contributed by atoms with Crippen molar-refractivity contribution in [2.45, 2.75) is 40.0 Å². The van der Waals surface area contributed by atoms with E-state index in [1.807, 2.05) is 6.20 Å². The lowest BCUT2D eigenvalue weighted by Crippen LogP contribution is -2.15. The van der Waals surface area contributed by atoms with Gasteiger partial charge in [-0.05, 0) is 38.3 Å². The van der Waals surface area contributed by atoms with E-state index in [0.29, 0.717) is 0 Å². The van der Waals surface area contributed by atoms with E-state index >= 15 is 0 Å². The molecule has 0 spiro atoms. The van der Waals surface area contributed by atoms with Crippen molar-refractivity contribution >= 4 is 11.3 Å². The molecule has 1 N–H and O–H groups in total. The Morgan fingerprint density at radius 3 is 2.79 bits per heavy atom. The summed E-state index contributed by atoms with van der Waals surface area (Å²) in [7, 11) is 2.06. The van der Waals surface area contributed by atoms with Crippen LogP contribution >= 0.6 is 0 Å². The van der Waals surface area contributed by atoms with Crippen LogP contribution in [0.25, 0.3) is 11.3 Å². The van der Waals surface area contributed by atoms with Gasteiger partial charge in [0.15, 0.2) is 0 Å². The molecule has 0 amide bonds. The van der Waals surface area contributed by atoms with Crippen LogP contribution in [0.2, 0.25) is 0 Å². The third-order valence-corrected chi connectivity index (χ3v) is 4.02. The first-order valence-electron chi connectivity index (χ1n) is 7.04. The maximum Gasteiger partial charge on any atom is 0.0695 e. The Morgan fingerprint density at radius 2 is 2.11 bits per heavy atom. The van der Waals surface area contributed by atoms with Gasteiger partial charge in [0.25, 0.3) is 0 Å². The lowest BCUT2D eigenvalue weighted by molar-refractivity contribution is 0.649. The highest BCUT2D eigenvalue weighted by Crippen LogP contribution is 2.36. The molecule has 1 aromatic heterocycles. The van der Waals surface area contributed by atoms with Crippen LogP contribution < -0.4 is 0 Å². The van der Waals surface area contributed by atoms with Gasteiger partial charge in [0.2, 0.25) is 0 Å². The first-order chi connectivity index (χ1) is 9.06. The van der Waals surface area contributed by atoms with Gasteiger partial charge in [0.1, 0.15) is 0 Å². The van der Waals surface area contributed by atoms with Gasteiger partial charge in [-0.3, -0.25) is 0 Å².